The van der Waals surface area contributed by atoms with Crippen molar-refractivity contribution in [3.8, 4) is 0 Å². The molecule has 0 aliphatic heterocycles. The van der Waals surface area contributed by atoms with Gasteiger partial charge in [0.25, 0.3) is 0 Å². The normalized spacial score (nSPS) is 10.6. The lowest BCUT2D eigenvalue weighted by molar-refractivity contribution is 0.0592. The van der Waals surface area contributed by atoms with Crippen LogP contribution in [0.25, 0.3) is 5.65 Å². The molecule has 0 radical (unpaired) electrons. The van der Waals surface area contributed by atoms with Crippen molar-refractivity contribution in [2.24, 2.45) is 0 Å². The van der Waals surface area contributed by atoms with Crippen LogP contribution in [0.5, 0.6) is 0 Å². The monoisotopic (exact) mass is 316 g/mol. The maximum Gasteiger partial charge on any atom is 0.356 e. The first kappa shape index (κ1) is 10.4. The number of aryl methyl sites for hydroxylation is 1. The van der Waals surface area contributed by atoms with Gasteiger partial charge in [0.15, 0.2) is 11.3 Å². The van der Waals surface area contributed by atoms with E-state index < -0.39 is 0 Å². The lowest BCUT2D eigenvalue weighted by Crippen LogP contribution is -2.06. The summed E-state index contributed by atoms with van der Waals surface area (Å²) in [5.74, 6) is -0.359. The van der Waals surface area contributed by atoms with Gasteiger partial charge in [0, 0.05) is 6.20 Å². The van der Waals surface area contributed by atoms with Crippen LogP contribution >= 0.6 is 22.6 Å². The molecule has 2 heterocycles. The van der Waals surface area contributed by atoms with Crippen LogP contribution in [-0.2, 0) is 4.74 Å². The van der Waals surface area contributed by atoms with E-state index in [0.29, 0.717) is 11.4 Å². The number of nitrogens with zero attached hydrogens (tertiary/aromatic N) is 2. The number of carbonyl (C=O) groups excluding carboxylic acids is 1. The quantitative estimate of drug-likeness (QED) is 0.597. The fourth-order valence-corrected chi connectivity index (χ4v) is 2.08. The summed E-state index contributed by atoms with van der Waals surface area (Å²) in [7, 11) is 1.37. The van der Waals surface area contributed by atoms with E-state index in [9.17, 15) is 4.79 Å². The molecule has 0 saturated heterocycles. The first-order valence-electron chi connectivity index (χ1n) is 4.36. The van der Waals surface area contributed by atoms with E-state index in [4.69, 9.17) is 4.74 Å². The molecule has 0 unspecified atom stereocenters. The number of hydrogen-bond acceptors (Lipinski definition) is 3. The average Bonchev–Trinajstić information content (AvgIpc) is 2.55. The Labute approximate surface area is 100 Å². The van der Waals surface area contributed by atoms with Gasteiger partial charge in [0.05, 0.1) is 16.4 Å². The molecule has 15 heavy (non-hydrogen) atoms. The van der Waals surface area contributed by atoms with Gasteiger partial charge in [-0.25, -0.2) is 9.78 Å². The molecule has 2 aromatic rings. The number of imidazole rings is 1. The van der Waals surface area contributed by atoms with Crippen LogP contribution in [0.3, 0.4) is 0 Å². The van der Waals surface area contributed by atoms with E-state index in [1.165, 1.54) is 7.11 Å². The highest BCUT2D eigenvalue weighted by Crippen LogP contribution is 2.17. The number of aromatic nitrogens is 2. The molecular weight excluding hydrogens is 307 g/mol. The largest absolute Gasteiger partial charge is 0.464 e. The predicted octanol–water partition coefficient (Wildman–Crippen LogP) is 2.03. The molecule has 4 nitrogen and oxygen atoms in total. The van der Waals surface area contributed by atoms with Crippen molar-refractivity contribution in [1.29, 1.82) is 0 Å². The number of carbonyl (C=O) groups is 1. The third kappa shape index (κ3) is 1.60. The van der Waals surface area contributed by atoms with Crippen LogP contribution in [0.2, 0.25) is 0 Å². The average molecular weight is 316 g/mol. The summed E-state index contributed by atoms with van der Waals surface area (Å²) < 4.78 is 7.48. The molecule has 0 aliphatic rings. The molecule has 0 spiro atoms. The molecular formula is C10H9IN2O2. The van der Waals surface area contributed by atoms with Gasteiger partial charge < -0.3 is 4.74 Å². The van der Waals surface area contributed by atoms with Gasteiger partial charge in [-0.2, -0.15) is 0 Å². The number of esters is 1. The lowest BCUT2D eigenvalue weighted by atomic mass is 10.3. The minimum Gasteiger partial charge on any atom is -0.464 e. The Hall–Kier alpha value is -1.11. The molecule has 0 saturated carbocycles. The first-order chi connectivity index (χ1) is 7.15. The first-order valence-corrected chi connectivity index (χ1v) is 5.44. The second kappa shape index (κ2) is 3.80. The maximum absolute atomic E-state index is 11.5. The van der Waals surface area contributed by atoms with Gasteiger partial charge in [-0.1, -0.05) is 0 Å². The molecule has 78 valence electrons. The standard InChI is InChI=1S/C10H9IN2O2/c1-6-8(10(14)15-2)13-5-3-4-7(11)9(13)12-6/h3-5H,1-2H3. The molecule has 0 N–H and O–H groups in total. The molecule has 5 heteroatoms. The second-order valence-corrected chi connectivity index (χ2v) is 4.25. The SMILES string of the molecule is COC(=O)c1c(C)nc2c(I)cccn12. The maximum atomic E-state index is 11.5. The molecule has 0 aliphatic carbocycles. The third-order valence-corrected chi connectivity index (χ3v) is 3.00. The van der Waals surface area contributed by atoms with Crippen LogP contribution < -0.4 is 0 Å². The van der Waals surface area contributed by atoms with E-state index in [2.05, 4.69) is 27.6 Å². The highest BCUT2D eigenvalue weighted by Gasteiger charge is 2.17. The molecule has 0 fully saturated rings. The molecule has 0 aromatic carbocycles. The number of hydrogen-bond donors (Lipinski definition) is 0. The number of pyridine rings is 1. The summed E-state index contributed by atoms with van der Waals surface area (Å²) in [5, 5.41) is 0. The van der Waals surface area contributed by atoms with Crippen LogP contribution in [0.4, 0.5) is 0 Å². The van der Waals surface area contributed by atoms with Gasteiger partial charge in [0.1, 0.15) is 0 Å². The minimum atomic E-state index is -0.359. The van der Waals surface area contributed by atoms with Crippen molar-refractivity contribution in [2.75, 3.05) is 7.11 Å². The van der Waals surface area contributed by atoms with Crippen molar-refractivity contribution < 1.29 is 9.53 Å². The van der Waals surface area contributed by atoms with Gasteiger partial charge in [-0.05, 0) is 41.6 Å². The number of rotatable bonds is 1. The summed E-state index contributed by atoms with van der Waals surface area (Å²) in [4.78, 5) is 15.9. The van der Waals surface area contributed by atoms with Crippen LogP contribution in [0.1, 0.15) is 16.2 Å². The van der Waals surface area contributed by atoms with Gasteiger partial charge in [-0.3, -0.25) is 4.40 Å². The van der Waals surface area contributed by atoms with Crippen molar-refractivity contribution in [2.45, 2.75) is 6.92 Å². The summed E-state index contributed by atoms with van der Waals surface area (Å²) in [5.41, 5.74) is 1.97. The summed E-state index contributed by atoms with van der Waals surface area (Å²) in [6.45, 7) is 1.80. The summed E-state index contributed by atoms with van der Waals surface area (Å²) in [6, 6.07) is 3.83. The molecule has 0 bridgehead atoms. The zero-order valence-corrected chi connectivity index (χ0v) is 10.5. The van der Waals surface area contributed by atoms with E-state index >= 15 is 0 Å². The van der Waals surface area contributed by atoms with Crippen LogP contribution in [-0.4, -0.2) is 22.5 Å². The number of methoxy groups -OCH3 is 1. The van der Waals surface area contributed by atoms with Crippen LogP contribution in [0.15, 0.2) is 18.3 Å². The van der Waals surface area contributed by atoms with E-state index in [-0.39, 0.29) is 5.97 Å². The van der Waals surface area contributed by atoms with E-state index in [1.807, 2.05) is 18.3 Å². The number of ether oxygens (including phenoxy) is 1. The van der Waals surface area contributed by atoms with Crippen molar-refractivity contribution in [1.82, 2.24) is 9.38 Å². The lowest BCUT2D eigenvalue weighted by Gasteiger charge is -2.00. The number of fused-ring (bicyclic) bond motifs is 1. The number of halogens is 1. The fourth-order valence-electron chi connectivity index (χ4n) is 1.49. The predicted molar refractivity (Wildman–Crippen MR) is 64.0 cm³/mol. The highest BCUT2D eigenvalue weighted by molar-refractivity contribution is 14.1. The van der Waals surface area contributed by atoms with E-state index in [1.54, 1.807) is 11.3 Å². The Bertz CT molecular complexity index is 533. The van der Waals surface area contributed by atoms with Crippen molar-refractivity contribution >= 4 is 34.2 Å². The Morgan fingerprint density at radius 3 is 3.00 bits per heavy atom. The van der Waals surface area contributed by atoms with Gasteiger partial charge >= 0.3 is 5.97 Å². The van der Waals surface area contributed by atoms with E-state index in [0.717, 1.165) is 9.22 Å². The Morgan fingerprint density at radius 1 is 1.60 bits per heavy atom. The zero-order valence-electron chi connectivity index (χ0n) is 8.32. The molecule has 2 aromatic heterocycles. The summed E-state index contributed by atoms with van der Waals surface area (Å²) >= 11 is 2.19. The Balaban J connectivity index is 2.79. The molecule has 0 atom stereocenters. The van der Waals surface area contributed by atoms with Gasteiger partial charge in [-0.15, -0.1) is 0 Å². The van der Waals surface area contributed by atoms with Crippen LogP contribution in [0, 0.1) is 10.5 Å². The fraction of sp³-hybridized carbons (Fsp3) is 0.200. The van der Waals surface area contributed by atoms with Gasteiger partial charge in [0.2, 0.25) is 0 Å². The topological polar surface area (TPSA) is 43.6 Å². The highest BCUT2D eigenvalue weighted by atomic mass is 127. The van der Waals surface area contributed by atoms with Crippen molar-refractivity contribution in [3.05, 3.63) is 33.3 Å². The van der Waals surface area contributed by atoms with Crippen molar-refractivity contribution in [3.63, 3.8) is 0 Å². The molecule has 0 amide bonds. The minimum absolute atomic E-state index is 0.359. The third-order valence-electron chi connectivity index (χ3n) is 2.16. The molecule has 2 rings (SSSR count). The Kier molecular flexibility index (Phi) is 2.64. The Morgan fingerprint density at radius 2 is 2.33 bits per heavy atom. The smallest absolute Gasteiger partial charge is 0.356 e. The summed E-state index contributed by atoms with van der Waals surface area (Å²) in [6.07, 6.45) is 1.81. The zero-order chi connectivity index (χ0) is 11.0. The second-order valence-electron chi connectivity index (χ2n) is 3.09.